The Morgan fingerprint density at radius 2 is 2.00 bits per heavy atom. The Morgan fingerprint density at radius 1 is 1.19 bits per heavy atom. The Hall–Kier alpha value is -3.14. The first-order chi connectivity index (χ1) is 15.1. The Morgan fingerprint density at radius 3 is 2.71 bits per heavy atom. The van der Waals surface area contributed by atoms with E-state index in [2.05, 4.69) is 20.6 Å². The maximum Gasteiger partial charge on any atom is 0.409 e. The molecule has 1 aliphatic heterocycles. The van der Waals surface area contributed by atoms with Crippen LogP contribution in [-0.4, -0.2) is 60.3 Å². The van der Waals surface area contributed by atoms with E-state index in [1.165, 1.54) is 13.2 Å². The maximum absolute atomic E-state index is 14.9. The van der Waals surface area contributed by atoms with Gasteiger partial charge in [0.2, 0.25) is 5.95 Å². The van der Waals surface area contributed by atoms with E-state index in [0.29, 0.717) is 49.5 Å². The molecule has 0 spiro atoms. The molecule has 31 heavy (non-hydrogen) atoms. The van der Waals surface area contributed by atoms with Crippen LogP contribution < -0.4 is 15.5 Å². The van der Waals surface area contributed by atoms with E-state index in [4.69, 9.17) is 4.74 Å². The number of amides is 1. The van der Waals surface area contributed by atoms with Gasteiger partial charge in [0.05, 0.1) is 23.0 Å². The molecule has 1 saturated heterocycles. The van der Waals surface area contributed by atoms with Crippen molar-refractivity contribution in [3.8, 4) is 0 Å². The zero-order chi connectivity index (χ0) is 21.4. The van der Waals surface area contributed by atoms with Gasteiger partial charge in [-0.1, -0.05) is 0 Å². The van der Waals surface area contributed by atoms with Crippen molar-refractivity contribution in [2.45, 2.75) is 18.9 Å². The molecule has 5 rings (SSSR count). The molecule has 8 nitrogen and oxygen atoms in total. The summed E-state index contributed by atoms with van der Waals surface area (Å²) in [6.07, 6.45) is 1.96. The SMILES string of the molecule is COC(=O)N1CCN(c2ccc(Nc3nc(NC4CC4)c4sccc4n3)cc2F)CC1. The molecule has 3 heterocycles. The number of fused-ring (bicyclic) bond motifs is 1. The molecule has 1 aliphatic carbocycles. The first kappa shape index (κ1) is 19.8. The van der Waals surface area contributed by atoms with Crippen molar-refractivity contribution < 1.29 is 13.9 Å². The van der Waals surface area contributed by atoms with Crippen LogP contribution in [0.25, 0.3) is 10.2 Å². The van der Waals surface area contributed by atoms with Gasteiger partial charge < -0.3 is 25.2 Å². The molecule has 162 valence electrons. The second-order valence-corrected chi connectivity index (χ2v) is 8.60. The summed E-state index contributed by atoms with van der Waals surface area (Å²) in [6.45, 7) is 2.09. The number of nitrogens with zero attached hydrogens (tertiary/aromatic N) is 4. The third-order valence-corrected chi connectivity index (χ3v) is 6.39. The topological polar surface area (TPSA) is 82.6 Å². The Kier molecular flexibility index (Phi) is 5.23. The highest BCUT2D eigenvalue weighted by Crippen LogP contribution is 2.33. The molecular formula is C21H23FN6O2S. The lowest BCUT2D eigenvalue weighted by Gasteiger charge is -2.35. The molecule has 10 heteroatoms. The molecule has 2 N–H and O–H groups in total. The van der Waals surface area contributed by atoms with Crippen LogP contribution in [0.2, 0.25) is 0 Å². The second-order valence-electron chi connectivity index (χ2n) is 7.68. The predicted molar refractivity (Wildman–Crippen MR) is 120 cm³/mol. The number of hydrogen-bond donors (Lipinski definition) is 2. The number of hydrogen-bond acceptors (Lipinski definition) is 8. The minimum absolute atomic E-state index is 0.329. The van der Waals surface area contributed by atoms with Crippen molar-refractivity contribution in [3.63, 3.8) is 0 Å². The van der Waals surface area contributed by atoms with Crippen molar-refractivity contribution in [3.05, 3.63) is 35.5 Å². The first-order valence-electron chi connectivity index (χ1n) is 10.3. The van der Waals surface area contributed by atoms with E-state index in [-0.39, 0.29) is 11.9 Å². The quantitative estimate of drug-likeness (QED) is 0.617. The summed E-state index contributed by atoms with van der Waals surface area (Å²) < 4.78 is 20.7. The smallest absolute Gasteiger partial charge is 0.409 e. The van der Waals surface area contributed by atoms with Crippen molar-refractivity contribution in [1.82, 2.24) is 14.9 Å². The van der Waals surface area contributed by atoms with Crippen LogP contribution in [0.4, 0.5) is 32.3 Å². The van der Waals surface area contributed by atoms with Crippen molar-refractivity contribution >= 4 is 50.8 Å². The van der Waals surface area contributed by atoms with Gasteiger partial charge in [-0.2, -0.15) is 4.98 Å². The number of nitrogens with one attached hydrogen (secondary N) is 2. The number of benzene rings is 1. The van der Waals surface area contributed by atoms with E-state index in [1.807, 2.05) is 22.4 Å². The fourth-order valence-corrected chi connectivity index (χ4v) is 4.45. The molecule has 2 aromatic heterocycles. The number of carbonyl (C=O) groups excluding carboxylic acids is 1. The van der Waals surface area contributed by atoms with E-state index in [0.717, 1.165) is 28.9 Å². The van der Waals surface area contributed by atoms with Gasteiger partial charge in [0.1, 0.15) is 11.6 Å². The molecule has 0 unspecified atom stereocenters. The zero-order valence-electron chi connectivity index (χ0n) is 17.1. The summed E-state index contributed by atoms with van der Waals surface area (Å²) in [5.74, 6) is 0.933. The number of piperazine rings is 1. The molecule has 1 amide bonds. The number of aromatic nitrogens is 2. The molecular weight excluding hydrogens is 419 g/mol. The van der Waals surface area contributed by atoms with Crippen molar-refractivity contribution in [1.29, 1.82) is 0 Å². The number of ether oxygens (including phenoxy) is 1. The molecule has 0 bridgehead atoms. The third kappa shape index (κ3) is 4.20. The predicted octanol–water partition coefficient (Wildman–Crippen LogP) is 4.04. The first-order valence-corrected chi connectivity index (χ1v) is 11.1. The van der Waals surface area contributed by atoms with E-state index in [1.54, 1.807) is 22.3 Å². The number of methoxy groups -OCH3 is 1. The molecule has 2 fully saturated rings. The Bertz CT molecular complexity index is 1110. The Labute approximate surface area is 183 Å². The third-order valence-electron chi connectivity index (χ3n) is 5.48. The minimum Gasteiger partial charge on any atom is -0.453 e. The fourth-order valence-electron chi connectivity index (χ4n) is 3.67. The number of carbonyl (C=O) groups is 1. The van der Waals surface area contributed by atoms with Gasteiger partial charge in [-0.15, -0.1) is 11.3 Å². The van der Waals surface area contributed by atoms with Crippen LogP contribution in [0.15, 0.2) is 29.6 Å². The van der Waals surface area contributed by atoms with Crippen LogP contribution in [0.5, 0.6) is 0 Å². The van der Waals surface area contributed by atoms with Crippen LogP contribution in [0.1, 0.15) is 12.8 Å². The van der Waals surface area contributed by atoms with Crippen molar-refractivity contribution in [2.75, 3.05) is 48.8 Å². The molecule has 0 radical (unpaired) electrons. The average Bonchev–Trinajstić information content (AvgIpc) is 3.46. The number of thiophene rings is 1. The summed E-state index contributed by atoms with van der Waals surface area (Å²) in [6, 6.07) is 7.46. The monoisotopic (exact) mass is 442 g/mol. The summed E-state index contributed by atoms with van der Waals surface area (Å²) in [7, 11) is 1.37. The van der Waals surface area contributed by atoms with Gasteiger partial charge in [0.25, 0.3) is 0 Å². The lowest BCUT2D eigenvalue weighted by atomic mass is 10.2. The minimum atomic E-state index is -0.349. The maximum atomic E-state index is 14.9. The second kappa shape index (κ2) is 8.18. The van der Waals surface area contributed by atoms with Crippen LogP contribution in [-0.2, 0) is 4.74 Å². The lowest BCUT2D eigenvalue weighted by molar-refractivity contribution is 0.121. The van der Waals surface area contributed by atoms with E-state index < -0.39 is 0 Å². The van der Waals surface area contributed by atoms with Gasteiger partial charge in [0, 0.05) is 37.9 Å². The van der Waals surface area contributed by atoms with Crippen molar-refractivity contribution in [2.24, 2.45) is 0 Å². The molecule has 3 aromatic rings. The largest absolute Gasteiger partial charge is 0.453 e. The highest BCUT2D eigenvalue weighted by atomic mass is 32.1. The van der Waals surface area contributed by atoms with Gasteiger partial charge in [-0.05, 0) is 42.5 Å². The standard InChI is InChI=1S/C21H23FN6O2S/c1-30-21(29)28-9-7-27(8-10-28)17-5-4-14(12-15(17)22)24-20-25-16-6-11-31-18(16)19(26-20)23-13-2-3-13/h4-6,11-13H,2-3,7-10H2,1H3,(H2,23,24,25,26). The van der Waals surface area contributed by atoms with Gasteiger partial charge in [-0.25, -0.2) is 14.2 Å². The van der Waals surface area contributed by atoms with Crippen LogP contribution >= 0.6 is 11.3 Å². The summed E-state index contributed by atoms with van der Waals surface area (Å²) in [5, 5.41) is 8.58. The summed E-state index contributed by atoms with van der Waals surface area (Å²) >= 11 is 1.61. The molecule has 1 aromatic carbocycles. The highest BCUT2D eigenvalue weighted by molar-refractivity contribution is 7.17. The summed E-state index contributed by atoms with van der Waals surface area (Å²) in [5.41, 5.74) is 1.97. The van der Waals surface area contributed by atoms with E-state index >= 15 is 0 Å². The number of anilines is 4. The number of halogens is 1. The zero-order valence-corrected chi connectivity index (χ0v) is 17.9. The molecule has 2 aliphatic rings. The van der Waals surface area contributed by atoms with Gasteiger partial charge in [0.15, 0.2) is 0 Å². The normalized spacial score (nSPS) is 16.5. The van der Waals surface area contributed by atoms with Crippen LogP contribution in [0.3, 0.4) is 0 Å². The lowest BCUT2D eigenvalue weighted by Crippen LogP contribution is -2.49. The fraction of sp³-hybridized carbons (Fsp3) is 0.381. The number of rotatable bonds is 5. The Balaban J connectivity index is 1.31. The van der Waals surface area contributed by atoms with Gasteiger partial charge >= 0.3 is 6.09 Å². The molecule has 1 saturated carbocycles. The average molecular weight is 443 g/mol. The van der Waals surface area contributed by atoms with Crippen LogP contribution in [0, 0.1) is 5.82 Å². The van der Waals surface area contributed by atoms with Gasteiger partial charge in [-0.3, -0.25) is 0 Å². The molecule has 0 atom stereocenters. The van der Waals surface area contributed by atoms with E-state index in [9.17, 15) is 9.18 Å². The summed E-state index contributed by atoms with van der Waals surface area (Å²) in [4.78, 5) is 24.4. The highest BCUT2D eigenvalue weighted by Gasteiger charge is 2.24.